The first-order valence-corrected chi connectivity index (χ1v) is 6.51. The molecule has 13 heavy (non-hydrogen) atoms. The molecule has 0 amide bonds. The maximum Gasteiger partial charge on any atom is 0.0105 e. The standard InChI is InChI=1S/C10H24N2S/c1-10(2)9-12(7-5-11)6-4-8-13-3/h10H,4-9,11H2,1-3H3. The van der Waals surface area contributed by atoms with Crippen LogP contribution in [0.25, 0.3) is 0 Å². The Balaban J connectivity index is 3.53. The molecule has 0 heterocycles. The first-order chi connectivity index (χ1) is 6.20. The van der Waals surface area contributed by atoms with Gasteiger partial charge in [0.2, 0.25) is 0 Å². The Morgan fingerprint density at radius 2 is 2.00 bits per heavy atom. The van der Waals surface area contributed by atoms with Crippen LogP contribution < -0.4 is 5.73 Å². The van der Waals surface area contributed by atoms with Gasteiger partial charge in [-0.1, -0.05) is 13.8 Å². The summed E-state index contributed by atoms with van der Waals surface area (Å²) in [5, 5.41) is 0. The summed E-state index contributed by atoms with van der Waals surface area (Å²) in [7, 11) is 0. The largest absolute Gasteiger partial charge is 0.329 e. The molecule has 0 unspecified atom stereocenters. The Bertz CT molecular complexity index is 107. The highest BCUT2D eigenvalue weighted by Gasteiger charge is 2.05. The molecule has 0 aliphatic rings. The average molecular weight is 204 g/mol. The van der Waals surface area contributed by atoms with E-state index in [2.05, 4.69) is 25.0 Å². The molecule has 0 spiro atoms. The van der Waals surface area contributed by atoms with Gasteiger partial charge in [0, 0.05) is 19.6 Å². The van der Waals surface area contributed by atoms with E-state index in [9.17, 15) is 0 Å². The fourth-order valence-corrected chi connectivity index (χ4v) is 1.84. The number of rotatable bonds is 8. The van der Waals surface area contributed by atoms with Crippen LogP contribution in [0.4, 0.5) is 0 Å². The fraction of sp³-hybridized carbons (Fsp3) is 1.00. The van der Waals surface area contributed by atoms with Crippen molar-refractivity contribution >= 4 is 11.8 Å². The van der Waals surface area contributed by atoms with Gasteiger partial charge in [-0.3, -0.25) is 0 Å². The molecule has 80 valence electrons. The van der Waals surface area contributed by atoms with Crippen molar-refractivity contribution in [2.45, 2.75) is 20.3 Å². The molecule has 0 aliphatic carbocycles. The normalized spacial score (nSPS) is 11.5. The van der Waals surface area contributed by atoms with Crippen LogP contribution in [0.1, 0.15) is 20.3 Å². The molecule has 0 saturated heterocycles. The highest BCUT2D eigenvalue weighted by molar-refractivity contribution is 7.98. The smallest absolute Gasteiger partial charge is 0.0105 e. The van der Waals surface area contributed by atoms with Crippen molar-refractivity contribution in [2.75, 3.05) is 38.2 Å². The lowest BCUT2D eigenvalue weighted by Gasteiger charge is -2.23. The van der Waals surface area contributed by atoms with Crippen LogP contribution in [-0.4, -0.2) is 43.1 Å². The molecular weight excluding hydrogens is 180 g/mol. The van der Waals surface area contributed by atoms with Crippen LogP contribution in [0.2, 0.25) is 0 Å². The lowest BCUT2D eigenvalue weighted by Crippen LogP contribution is -2.33. The second-order valence-electron chi connectivity index (χ2n) is 3.83. The van der Waals surface area contributed by atoms with Gasteiger partial charge in [-0.25, -0.2) is 0 Å². The van der Waals surface area contributed by atoms with Crippen LogP contribution in [0.3, 0.4) is 0 Å². The molecule has 0 rings (SSSR count). The lowest BCUT2D eigenvalue weighted by molar-refractivity contribution is 0.252. The zero-order chi connectivity index (χ0) is 10.1. The zero-order valence-electron chi connectivity index (χ0n) is 9.25. The first kappa shape index (κ1) is 13.3. The van der Waals surface area contributed by atoms with Gasteiger partial charge in [0.25, 0.3) is 0 Å². The van der Waals surface area contributed by atoms with Gasteiger partial charge in [-0.15, -0.1) is 0 Å². The summed E-state index contributed by atoms with van der Waals surface area (Å²) in [5.41, 5.74) is 5.56. The molecule has 2 N–H and O–H groups in total. The van der Waals surface area contributed by atoms with Crippen LogP contribution in [-0.2, 0) is 0 Å². The number of hydrogen-bond donors (Lipinski definition) is 1. The van der Waals surface area contributed by atoms with Gasteiger partial charge >= 0.3 is 0 Å². The minimum absolute atomic E-state index is 0.751. The Kier molecular flexibility index (Phi) is 9.03. The Morgan fingerprint density at radius 1 is 1.31 bits per heavy atom. The summed E-state index contributed by atoms with van der Waals surface area (Å²) in [6.45, 7) is 8.75. The molecule has 0 aromatic carbocycles. The first-order valence-electron chi connectivity index (χ1n) is 5.12. The van der Waals surface area contributed by atoms with Crippen LogP contribution in [0, 0.1) is 5.92 Å². The van der Waals surface area contributed by atoms with Crippen molar-refractivity contribution in [3.8, 4) is 0 Å². The molecule has 2 nitrogen and oxygen atoms in total. The molecule has 0 aliphatic heterocycles. The summed E-state index contributed by atoms with van der Waals surface area (Å²) in [4.78, 5) is 2.47. The molecule has 3 heteroatoms. The van der Waals surface area contributed by atoms with E-state index in [1.165, 1.54) is 25.3 Å². The summed E-state index contributed by atoms with van der Waals surface area (Å²) < 4.78 is 0. The highest BCUT2D eigenvalue weighted by atomic mass is 32.2. The third-order valence-electron chi connectivity index (χ3n) is 1.89. The average Bonchev–Trinajstić information content (AvgIpc) is 2.04. The van der Waals surface area contributed by atoms with E-state index in [0.29, 0.717) is 0 Å². The molecule has 0 atom stereocenters. The number of thioether (sulfide) groups is 1. The van der Waals surface area contributed by atoms with Gasteiger partial charge in [-0.05, 0) is 30.9 Å². The van der Waals surface area contributed by atoms with E-state index in [0.717, 1.165) is 19.0 Å². The topological polar surface area (TPSA) is 29.3 Å². The van der Waals surface area contributed by atoms with Gasteiger partial charge in [-0.2, -0.15) is 11.8 Å². The SMILES string of the molecule is CSCCCN(CCN)CC(C)C. The minimum atomic E-state index is 0.751. The zero-order valence-corrected chi connectivity index (χ0v) is 10.1. The van der Waals surface area contributed by atoms with E-state index >= 15 is 0 Å². The molecular formula is C10H24N2S. The van der Waals surface area contributed by atoms with Crippen LogP contribution >= 0.6 is 11.8 Å². The van der Waals surface area contributed by atoms with E-state index in [4.69, 9.17) is 5.73 Å². The minimum Gasteiger partial charge on any atom is -0.329 e. The molecule has 0 fully saturated rings. The van der Waals surface area contributed by atoms with Crippen molar-refractivity contribution in [3.63, 3.8) is 0 Å². The third kappa shape index (κ3) is 8.60. The van der Waals surface area contributed by atoms with Crippen molar-refractivity contribution < 1.29 is 0 Å². The number of nitrogens with two attached hydrogens (primary N) is 1. The predicted molar refractivity (Wildman–Crippen MR) is 63.3 cm³/mol. The van der Waals surface area contributed by atoms with Gasteiger partial charge in [0.05, 0.1) is 0 Å². The van der Waals surface area contributed by atoms with Crippen molar-refractivity contribution in [1.82, 2.24) is 4.90 Å². The van der Waals surface area contributed by atoms with E-state index in [-0.39, 0.29) is 0 Å². The molecule has 0 saturated carbocycles. The molecule has 0 aromatic heterocycles. The van der Waals surface area contributed by atoms with Crippen molar-refractivity contribution in [2.24, 2.45) is 11.7 Å². The Hall–Kier alpha value is 0.270. The van der Waals surface area contributed by atoms with Gasteiger partial charge in [0.15, 0.2) is 0 Å². The van der Waals surface area contributed by atoms with Crippen molar-refractivity contribution in [3.05, 3.63) is 0 Å². The third-order valence-corrected chi connectivity index (χ3v) is 2.59. The Labute approximate surface area is 87.2 Å². The van der Waals surface area contributed by atoms with Crippen LogP contribution in [0.15, 0.2) is 0 Å². The monoisotopic (exact) mass is 204 g/mol. The number of hydrogen-bond acceptors (Lipinski definition) is 3. The Morgan fingerprint density at radius 3 is 2.46 bits per heavy atom. The highest BCUT2D eigenvalue weighted by Crippen LogP contribution is 2.02. The summed E-state index contributed by atoms with van der Waals surface area (Å²) in [6.07, 6.45) is 3.45. The van der Waals surface area contributed by atoms with Gasteiger partial charge in [0.1, 0.15) is 0 Å². The second-order valence-corrected chi connectivity index (χ2v) is 4.82. The molecule has 0 bridgehead atoms. The second kappa shape index (κ2) is 8.85. The molecule has 0 aromatic rings. The van der Waals surface area contributed by atoms with Gasteiger partial charge < -0.3 is 10.6 Å². The summed E-state index contributed by atoms with van der Waals surface area (Å²) in [6, 6.07) is 0. The van der Waals surface area contributed by atoms with E-state index in [1.54, 1.807) is 0 Å². The maximum atomic E-state index is 5.56. The summed E-state index contributed by atoms with van der Waals surface area (Å²) >= 11 is 1.92. The predicted octanol–water partition coefficient (Wildman–Crippen LogP) is 1.66. The van der Waals surface area contributed by atoms with E-state index < -0.39 is 0 Å². The molecule has 0 radical (unpaired) electrons. The number of nitrogens with zero attached hydrogens (tertiary/aromatic N) is 1. The maximum absolute atomic E-state index is 5.56. The van der Waals surface area contributed by atoms with Crippen molar-refractivity contribution in [1.29, 1.82) is 0 Å². The van der Waals surface area contributed by atoms with Crippen LogP contribution in [0.5, 0.6) is 0 Å². The quantitative estimate of drug-likeness (QED) is 0.610. The fourth-order valence-electron chi connectivity index (χ4n) is 1.43. The lowest BCUT2D eigenvalue weighted by atomic mass is 10.2. The summed E-state index contributed by atoms with van der Waals surface area (Å²) in [5.74, 6) is 2.01. The van der Waals surface area contributed by atoms with E-state index in [1.807, 2.05) is 11.8 Å².